The van der Waals surface area contributed by atoms with Gasteiger partial charge in [-0.25, -0.2) is 5.43 Å². The number of carbonyl (C=O) groups is 1. The van der Waals surface area contributed by atoms with E-state index in [1.165, 1.54) is 19.3 Å². The zero-order valence-electron chi connectivity index (χ0n) is 15.9. The molecule has 5 rings (SSSR count). The van der Waals surface area contributed by atoms with Gasteiger partial charge in [0.15, 0.2) is 0 Å². The molecule has 2 aromatic rings. The Labute approximate surface area is 163 Å². The van der Waals surface area contributed by atoms with Crippen molar-refractivity contribution in [3.05, 3.63) is 46.4 Å². The van der Waals surface area contributed by atoms with E-state index in [0.29, 0.717) is 36.9 Å². The average Bonchev–Trinajstić information content (AvgIpc) is 3.34. The van der Waals surface area contributed by atoms with Crippen LogP contribution in [0.15, 0.2) is 35.1 Å². The zero-order chi connectivity index (χ0) is 19.1. The van der Waals surface area contributed by atoms with E-state index in [9.17, 15) is 9.59 Å². The third kappa shape index (κ3) is 3.15. The number of ether oxygens (including phenoxy) is 1. The van der Waals surface area contributed by atoms with Crippen molar-refractivity contribution < 1.29 is 9.53 Å². The molecule has 146 valence electrons. The van der Waals surface area contributed by atoms with Gasteiger partial charge in [-0.2, -0.15) is 0 Å². The number of fused-ring (bicyclic) bond motifs is 3. The Hall–Kier alpha value is -2.47. The molecule has 1 amide bonds. The van der Waals surface area contributed by atoms with Crippen molar-refractivity contribution in [2.75, 3.05) is 18.6 Å². The summed E-state index contributed by atoms with van der Waals surface area (Å²) in [4.78, 5) is 26.7. The Balaban J connectivity index is 1.45. The van der Waals surface area contributed by atoms with E-state index in [1.807, 2.05) is 24.3 Å². The van der Waals surface area contributed by atoms with Crippen molar-refractivity contribution in [3.63, 3.8) is 0 Å². The van der Waals surface area contributed by atoms with Crippen LogP contribution in [0.4, 0.5) is 0 Å². The molecule has 3 aliphatic rings. The van der Waals surface area contributed by atoms with Crippen LogP contribution in [-0.4, -0.2) is 29.0 Å². The van der Waals surface area contributed by atoms with Crippen LogP contribution >= 0.6 is 0 Å². The van der Waals surface area contributed by atoms with Crippen molar-refractivity contribution in [3.8, 4) is 0 Å². The first-order valence-corrected chi connectivity index (χ1v) is 10.3. The Morgan fingerprint density at radius 1 is 1.21 bits per heavy atom. The first-order valence-electron chi connectivity index (χ1n) is 10.3. The number of nitrogens with one attached hydrogen (secondary N) is 1. The van der Waals surface area contributed by atoms with E-state index in [2.05, 4.69) is 10.5 Å². The number of rotatable bonds is 4. The van der Waals surface area contributed by atoms with Gasteiger partial charge < -0.3 is 4.74 Å². The number of benzene rings is 1. The smallest absolute Gasteiger partial charge is 0.294 e. The predicted octanol–water partition coefficient (Wildman–Crippen LogP) is 3.10. The molecule has 2 aliphatic carbocycles. The molecule has 1 aliphatic heterocycles. The molecule has 1 aromatic heterocycles. The highest BCUT2D eigenvalue weighted by molar-refractivity contribution is 5.92. The molecule has 2 bridgehead atoms. The number of hydrogen-bond acceptors (Lipinski definition) is 4. The van der Waals surface area contributed by atoms with Crippen molar-refractivity contribution in [1.29, 1.82) is 0 Å². The summed E-state index contributed by atoms with van der Waals surface area (Å²) in [5.74, 6) is 1.82. The Morgan fingerprint density at radius 3 is 2.79 bits per heavy atom. The molecule has 2 saturated carbocycles. The summed E-state index contributed by atoms with van der Waals surface area (Å²) in [6, 6.07) is 7.45. The van der Waals surface area contributed by atoms with Gasteiger partial charge in [-0.1, -0.05) is 30.7 Å². The second kappa shape index (κ2) is 7.17. The maximum Gasteiger partial charge on any atom is 0.294 e. The second-order valence-electron chi connectivity index (χ2n) is 8.34. The molecule has 2 heterocycles. The highest BCUT2D eigenvalue weighted by atomic mass is 16.5. The molecule has 1 aromatic carbocycles. The van der Waals surface area contributed by atoms with Gasteiger partial charge in [-0.15, -0.1) is 9.89 Å². The minimum Gasteiger partial charge on any atom is -0.377 e. The van der Waals surface area contributed by atoms with Crippen LogP contribution in [0, 0.1) is 17.8 Å². The lowest BCUT2D eigenvalue weighted by atomic mass is 9.86. The van der Waals surface area contributed by atoms with Crippen LogP contribution in [0.2, 0.25) is 0 Å². The van der Waals surface area contributed by atoms with Gasteiger partial charge in [0.1, 0.15) is 0 Å². The quantitative estimate of drug-likeness (QED) is 0.886. The molecule has 6 nitrogen and oxygen atoms in total. The van der Waals surface area contributed by atoms with Crippen LogP contribution in [0.5, 0.6) is 0 Å². The minimum atomic E-state index is -0.284. The Kier molecular flexibility index (Phi) is 4.51. The van der Waals surface area contributed by atoms with Gasteiger partial charge in [0.05, 0.1) is 24.3 Å². The molecular formula is C22H25N3O3. The number of aromatic nitrogens is 2. The highest BCUT2D eigenvalue weighted by Crippen LogP contribution is 2.49. The summed E-state index contributed by atoms with van der Waals surface area (Å²) in [7, 11) is 0. The third-order valence-corrected chi connectivity index (χ3v) is 6.64. The van der Waals surface area contributed by atoms with Crippen LogP contribution in [0.1, 0.15) is 44.2 Å². The summed E-state index contributed by atoms with van der Waals surface area (Å²) < 4.78 is 5.41. The highest BCUT2D eigenvalue weighted by Gasteiger charge is 2.40. The topological polar surface area (TPSA) is 73.2 Å². The molecular weight excluding hydrogens is 354 g/mol. The molecule has 0 unspecified atom stereocenters. The monoisotopic (exact) mass is 379 g/mol. The van der Waals surface area contributed by atoms with Gasteiger partial charge in [0, 0.05) is 11.8 Å². The van der Waals surface area contributed by atoms with E-state index < -0.39 is 0 Å². The molecule has 0 spiro atoms. The fourth-order valence-electron chi connectivity index (χ4n) is 5.27. The van der Waals surface area contributed by atoms with E-state index in [-0.39, 0.29) is 11.5 Å². The van der Waals surface area contributed by atoms with E-state index in [0.717, 1.165) is 40.2 Å². The SMILES string of the molecule is O=C(C[C@H]1C[C@@H]2CC[C@H]1C2)Nn1nc(C2=CCOCC2)c2ccccc2c1=O. The Morgan fingerprint density at radius 2 is 2.07 bits per heavy atom. The summed E-state index contributed by atoms with van der Waals surface area (Å²) in [6.45, 7) is 1.18. The van der Waals surface area contributed by atoms with E-state index >= 15 is 0 Å². The number of carbonyl (C=O) groups excluding carboxylic acids is 1. The predicted molar refractivity (Wildman–Crippen MR) is 107 cm³/mol. The number of nitrogens with zero attached hydrogens (tertiary/aromatic N) is 2. The fraction of sp³-hybridized carbons (Fsp3) is 0.500. The van der Waals surface area contributed by atoms with Crippen molar-refractivity contribution in [1.82, 2.24) is 9.89 Å². The van der Waals surface area contributed by atoms with E-state index in [4.69, 9.17) is 4.74 Å². The molecule has 0 radical (unpaired) electrons. The van der Waals surface area contributed by atoms with Gasteiger partial charge in [0.25, 0.3) is 5.56 Å². The number of amides is 1. The van der Waals surface area contributed by atoms with E-state index in [1.54, 1.807) is 6.07 Å². The molecule has 6 heteroatoms. The minimum absolute atomic E-state index is 0.116. The molecule has 0 saturated heterocycles. The first-order chi connectivity index (χ1) is 13.7. The van der Waals surface area contributed by atoms with Crippen LogP contribution in [0.3, 0.4) is 0 Å². The summed E-state index contributed by atoms with van der Waals surface area (Å²) in [5, 5.41) is 5.92. The lowest BCUT2D eigenvalue weighted by Crippen LogP contribution is -2.37. The van der Waals surface area contributed by atoms with Crippen molar-refractivity contribution >= 4 is 22.3 Å². The fourth-order valence-corrected chi connectivity index (χ4v) is 5.27. The van der Waals surface area contributed by atoms with Gasteiger partial charge in [-0.3, -0.25) is 9.59 Å². The molecule has 28 heavy (non-hydrogen) atoms. The van der Waals surface area contributed by atoms with Crippen LogP contribution in [0.25, 0.3) is 16.3 Å². The molecule has 1 N–H and O–H groups in total. The lowest BCUT2D eigenvalue weighted by molar-refractivity contribution is -0.118. The normalized spacial score (nSPS) is 26.4. The maximum atomic E-state index is 12.9. The second-order valence-corrected chi connectivity index (χ2v) is 8.34. The standard InChI is InChI=1S/C22H25N3O3/c26-20(13-17-12-14-5-6-16(17)11-14)23-25-22(27)19-4-2-1-3-18(19)21(24-25)15-7-9-28-10-8-15/h1-4,7,14,16-17H,5-6,8-13H2,(H,23,26)/t14-,16+,17-/m1/s1. The largest absolute Gasteiger partial charge is 0.377 e. The van der Waals surface area contributed by atoms with Gasteiger partial charge in [0.2, 0.25) is 5.91 Å². The zero-order valence-corrected chi connectivity index (χ0v) is 15.9. The van der Waals surface area contributed by atoms with Crippen molar-refractivity contribution in [2.24, 2.45) is 17.8 Å². The first kappa shape index (κ1) is 17.6. The Bertz CT molecular complexity index is 1010. The summed E-state index contributed by atoms with van der Waals surface area (Å²) >= 11 is 0. The summed E-state index contributed by atoms with van der Waals surface area (Å²) in [6.07, 6.45) is 8.21. The molecule has 3 atom stereocenters. The van der Waals surface area contributed by atoms with Gasteiger partial charge >= 0.3 is 0 Å². The lowest BCUT2D eigenvalue weighted by Gasteiger charge is -2.21. The average molecular weight is 379 g/mol. The van der Waals surface area contributed by atoms with Gasteiger partial charge in [-0.05, 0) is 55.1 Å². The summed E-state index contributed by atoms with van der Waals surface area (Å²) in [5.41, 5.74) is 4.28. The maximum absolute atomic E-state index is 12.9. The third-order valence-electron chi connectivity index (χ3n) is 6.64. The van der Waals surface area contributed by atoms with Crippen LogP contribution in [-0.2, 0) is 9.53 Å². The number of hydrogen-bond donors (Lipinski definition) is 1. The molecule has 2 fully saturated rings. The van der Waals surface area contributed by atoms with Crippen LogP contribution < -0.4 is 11.0 Å². The van der Waals surface area contributed by atoms with Crippen molar-refractivity contribution in [2.45, 2.75) is 38.5 Å².